The number of methoxy groups -OCH3 is 1. The molecule has 0 aromatic heterocycles. The third-order valence-corrected chi connectivity index (χ3v) is 2.86. The fraction of sp³-hybridized carbons (Fsp3) is 0.357. The summed E-state index contributed by atoms with van der Waals surface area (Å²) in [6.07, 6.45) is 0.233. The molecule has 7 nitrogen and oxygen atoms in total. The molecule has 0 aliphatic carbocycles. The summed E-state index contributed by atoms with van der Waals surface area (Å²) in [7, 11) is 1.21. The minimum atomic E-state index is -1.14. The quantitative estimate of drug-likeness (QED) is 0.680. The molecule has 3 N–H and O–H groups in total. The Labute approximate surface area is 122 Å². The second-order valence-corrected chi connectivity index (χ2v) is 4.28. The second kappa shape index (κ2) is 7.88. The number of amides is 2. The van der Waals surface area contributed by atoms with Crippen molar-refractivity contribution in [3.63, 3.8) is 0 Å². The van der Waals surface area contributed by atoms with Gasteiger partial charge < -0.3 is 20.5 Å². The number of urea groups is 1. The van der Waals surface area contributed by atoms with Crippen molar-refractivity contribution in [1.29, 1.82) is 0 Å². The molecule has 0 heterocycles. The molecule has 1 aromatic rings. The van der Waals surface area contributed by atoms with Crippen LogP contribution in [0.3, 0.4) is 0 Å². The van der Waals surface area contributed by atoms with Gasteiger partial charge in [0.1, 0.15) is 6.04 Å². The molecule has 0 bridgehead atoms. The Bertz CT molecular complexity index is 503. The number of hydrogen-bond acceptors (Lipinski definition) is 4. The summed E-state index contributed by atoms with van der Waals surface area (Å²) >= 11 is 0. The fourth-order valence-corrected chi connectivity index (χ4v) is 1.71. The molecule has 114 valence electrons. The normalized spacial score (nSPS) is 12.9. The van der Waals surface area contributed by atoms with E-state index in [0.717, 1.165) is 0 Å². The number of carbonyl (C=O) groups is 3. The maximum absolute atomic E-state index is 11.8. The van der Waals surface area contributed by atoms with Crippen molar-refractivity contribution in [1.82, 2.24) is 10.6 Å². The third-order valence-electron chi connectivity index (χ3n) is 2.86. The van der Waals surface area contributed by atoms with Gasteiger partial charge in [0.15, 0.2) is 6.04 Å². The first-order chi connectivity index (χ1) is 9.99. The summed E-state index contributed by atoms with van der Waals surface area (Å²) in [5.74, 6) is -1.78. The summed E-state index contributed by atoms with van der Waals surface area (Å²) in [4.78, 5) is 34.5. The van der Waals surface area contributed by atoms with E-state index in [9.17, 15) is 14.4 Å². The molecule has 21 heavy (non-hydrogen) atoms. The lowest BCUT2D eigenvalue weighted by atomic mass is 10.1. The molecule has 0 aliphatic heterocycles. The van der Waals surface area contributed by atoms with Gasteiger partial charge in [-0.2, -0.15) is 0 Å². The number of carbonyl (C=O) groups excluding carboxylic acids is 2. The lowest BCUT2D eigenvalue weighted by molar-refractivity contribution is -0.143. The van der Waals surface area contributed by atoms with E-state index in [1.165, 1.54) is 7.11 Å². The van der Waals surface area contributed by atoms with Crippen LogP contribution >= 0.6 is 0 Å². The molecule has 1 aromatic carbocycles. The van der Waals surface area contributed by atoms with Crippen LogP contribution in [0.2, 0.25) is 0 Å². The zero-order chi connectivity index (χ0) is 15.8. The van der Waals surface area contributed by atoms with E-state index < -0.39 is 30.1 Å². The zero-order valence-corrected chi connectivity index (χ0v) is 11.8. The molecule has 2 amide bonds. The van der Waals surface area contributed by atoms with Gasteiger partial charge >= 0.3 is 18.0 Å². The van der Waals surface area contributed by atoms with Crippen LogP contribution in [-0.2, 0) is 14.3 Å². The first-order valence-electron chi connectivity index (χ1n) is 6.42. The molecule has 7 heteroatoms. The predicted octanol–water partition coefficient (Wildman–Crippen LogP) is 1.06. The first-order valence-corrected chi connectivity index (χ1v) is 6.42. The minimum absolute atomic E-state index is 0.233. The van der Waals surface area contributed by atoms with Crippen molar-refractivity contribution in [3.05, 3.63) is 35.9 Å². The Morgan fingerprint density at radius 1 is 1.19 bits per heavy atom. The van der Waals surface area contributed by atoms with E-state index in [-0.39, 0.29) is 6.42 Å². The van der Waals surface area contributed by atoms with Gasteiger partial charge in [0, 0.05) is 0 Å². The predicted molar refractivity (Wildman–Crippen MR) is 74.6 cm³/mol. The molecular formula is C14H18N2O5. The molecule has 0 aliphatic rings. The average molecular weight is 294 g/mol. The van der Waals surface area contributed by atoms with E-state index >= 15 is 0 Å². The average Bonchev–Trinajstić information content (AvgIpc) is 2.50. The monoisotopic (exact) mass is 294 g/mol. The van der Waals surface area contributed by atoms with E-state index in [2.05, 4.69) is 15.4 Å². The van der Waals surface area contributed by atoms with Gasteiger partial charge in [-0.05, 0) is 12.0 Å². The number of hydrogen-bond donors (Lipinski definition) is 3. The van der Waals surface area contributed by atoms with Crippen molar-refractivity contribution in [2.24, 2.45) is 0 Å². The van der Waals surface area contributed by atoms with Gasteiger partial charge in [-0.1, -0.05) is 37.3 Å². The SMILES string of the molecule is CCC(NC(=O)NC(C(=O)OC)c1ccccc1)C(=O)O. The minimum Gasteiger partial charge on any atom is -0.480 e. The van der Waals surface area contributed by atoms with Crippen LogP contribution in [0.25, 0.3) is 0 Å². The highest BCUT2D eigenvalue weighted by molar-refractivity contribution is 5.87. The Kier molecular flexibility index (Phi) is 6.19. The molecule has 0 radical (unpaired) electrons. The van der Waals surface area contributed by atoms with Crippen LogP contribution in [0.1, 0.15) is 24.9 Å². The number of carboxylic acids is 1. The van der Waals surface area contributed by atoms with Crippen LogP contribution in [-0.4, -0.2) is 36.2 Å². The first kappa shape index (κ1) is 16.5. The van der Waals surface area contributed by atoms with Gasteiger partial charge in [0.05, 0.1) is 7.11 Å². The third kappa shape index (κ3) is 4.79. The highest BCUT2D eigenvalue weighted by Crippen LogP contribution is 2.13. The molecule has 2 unspecified atom stereocenters. The summed E-state index contributed by atoms with van der Waals surface area (Å²) < 4.78 is 4.65. The molecule has 0 spiro atoms. The van der Waals surface area contributed by atoms with Crippen LogP contribution in [0.15, 0.2) is 30.3 Å². The Morgan fingerprint density at radius 3 is 2.29 bits per heavy atom. The molecule has 0 saturated carbocycles. The molecule has 2 atom stereocenters. The zero-order valence-electron chi connectivity index (χ0n) is 11.8. The lowest BCUT2D eigenvalue weighted by Gasteiger charge is -2.19. The van der Waals surface area contributed by atoms with Crippen molar-refractivity contribution in [2.45, 2.75) is 25.4 Å². The summed E-state index contributed by atoms with van der Waals surface area (Å²) in [6, 6.07) is 5.78. The van der Waals surface area contributed by atoms with Crippen molar-refractivity contribution in [2.75, 3.05) is 7.11 Å². The Balaban J connectivity index is 2.80. The largest absolute Gasteiger partial charge is 0.480 e. The number of aliphatic carboxylic acids is 1. The smallest absolute Gasteiger partial charge is 0.333 e. The topological polar surface area (TPSA) is 105 Å². The van der Waals surface area contributed by atoms with E-state index in [1.54, 1.807) is 37.3 Å². The molecule has 0 saturated heterocycles. The fourth-order valence-electron chi connectivity index (χ4n) is 1.71. The maximum atomic E-state index is 11.8. The highest BCUT2D eigenvalue weighted by atomic mass is 16.5. The van der Waals surface area contributed by atoms with E-state index in [4.69, 9.17) is 5.11 Å². The summed E-state index contributed by atoms with van der Waals surface area (Å²) in [5.41, 5.74) is 0.544. The van der Waals surface area contributed by atoms with E-state index in [0.29, 0.717) is 5.56 Å². The summed E-state index contributed by atoms with van der Waals surface area (Å²) in [5, 5.41) is 13.6. The number of benzene rings is 1. The van der Waals surface area contributed by atoms with E-state index in [1.807, 2.05) is 0 Å². The van der Waals surface area contributed by atoms with Crippen LogP contribution in [0, 0.1) is 0 Å². The standard InChI is InChI=1S/C14H18N2O5/c1-3-10(12(17)18)15-14(20)16-11(13(19)21-2)9-7-5-4-6-8-9/h4-8,10-11H,3H2,1-2H3,(H,17,18)(H2,15,16,20). The number of esters is 1. The lowest BCUT2D eigenvalue weighted by Crippen LogP contribution is -2.48. The van der Waals surface area contributed by atoms with Gasteiger partial charge in [-0.15, -0.1) is 0 Å². The van der Waals surface area contributed by atoms with Gasteiger partial charge in [-0.25, -0.2) is 14.4 Å². The number of carboxylic acid groups (broad SMARTS) is 1. The van der Waals surface area contributed by atoms with Gasteiger partial charge in [0.2, 0.25) is 0 Å². The van der Waals surface area contributed by atoms with Crippen LogP contribution in [0.4, 0.5) is 4.79 Å². The number of rotatable bonds is 6. The molecular weight excluding hydrogens is 276 g/mol. The van der Waals surface area contributed by atoms with Crippen LogP contribution in [0.5, 0.6) is 0 Å². The molecule has 1 rings (SSSR count). The van der Waals surface area contributed by atoms with Gasteiger partial charge in [-0.3, -0.25) is 0 Å². The van der Waals surface area contributed by atoms with Crippen molar-refractivity contribution in [3.8, 4) is 0 Å². The number of ether oxygens (including phenoxy) is 1. The van der Waals surface area contributed by atoms with Crippen LogP contribution < -0.4 is 10.6 Å². The maximum Gasteiger partial charge on any atom is 0.333 e. The van der Waals surface area contributed by atoms with Crippen molar-refractivity contribution >= 4 is 18.0 Å². The Morgan fingerprint density at radius 2 is 1.81 bits per heavy atom. The second-order valence-electron chi connectivity index (χ2n) is 4.28. The van der Waals surface area contributed by atoms with Crippen molar-refractivity contribution < 1.29 is 24.2 Å². The molecule has 0 fully saturated rings. The number of nitrogens with one attached hydrogen (secondary N) is 2. The summed E-state index contributed by atoms with van der Waals surface area (Å²) in [6.45, 7) is 1.63. The highest BCUT2D eigenvalue weighted by Gasteiger charge is 2.25. The Hall–Kier alpha value is -2.57. The van der Waals surface area contributed by atoms with Gasteiger partial charge in [0.25, 0.3) is 0 Å².